The molecule has 0 saturated heterocycles. The number of esters is 1. The highest BCUT2D eigenvalue weighted by Crippen LogP contribution is 2.19. The standard InChI is InChI=1S/C24H27N5O4S/c1-4-32-23(31)10-7-18-5-8-19(9-6-18)26-22(30)15-34-24-28-27-21(29(24)25)14-33-20-12-16(2)11-17(3)13-20/h5-13H,4,14-15,25H2,1-3H3,(H,26,30)/b10-7+. The molecule has 3 N–H and O–H groups in total. The second-order valence-corrected chi connectivity index (χ2v) is 8.37. The summed E-state index contributed by atoms with van der Waals surface area (Å²) in [4.78, 5) is 23.7. The Morgan fingerprint density at radius 2 is 1.82 bits per heavy atom. The van der Waals surface area contributed by atoms with Gasteiger partial charge in [-0.15, -0.1) is 10.2 Å². The molecule has 2 aromatic carbocycles. The monoisotopic (exact) mass is 481 g/mol. The van der Waals surface area contributed by atoms with Crippen molar-refractivity contribution < 1.29 is 19.1 Å². The van der Waals surface area contributed by atoms with E-state index in [4.69, 9.17) is 15.3 Å². The molecule has 0 saturated carbocycles. The van der Waals surface area contributed by atoms with E-state index in [9.17, 15) is 9.59 Å². The summed E-state index contributed by atoms with van der Waals surface area (Å²) in [7, 11) is 0. The number of anilines is 1. The van der Waals surface area contributed by atoms with Crippen molar-refractivity contribution in [3.05, 3.63) is 71.1 Å². The molecule has 9 nitrogen and oxygen atoms in total. The summed E-state index contributed by atoms with van der Waals surface area (Å²) >= 11 is 1.18. The summed E-state index contributed by atoms with van der Waals surface area (Å²) in [5, 5.41) is 11.3. The zero-order valence-electron chi connectivity index (χ0n) is 19.3. The highest BCUT2D eigenvalue weighted by molar-refractivity contribution is 7.99. The zero-order chi connectivity index (χ0) is 24.5. The third-order valence-corrected chi connectivity index (χ3v) is 5.47. The molecule has 34 heavy (non-hydrogen) atoms. The molecule has 178 valence electrons. The van der Waals surface area contributed by atoms with Crippen LogP contribution in [0, 0.1) is 13.8 Å². The van der Waals surface area contributed by atoms with E-state index in [2.05, 4.69) is 21.6 Å². The molecule has 0 radical (unpaired) electrons. The fraction of sp³-hybridized carbons (Fsp3) is 0.250. The van der Waals surface area contributed by atoms with Crippen LogP contribution in [-0.4, -0.2) is 39.1 Å². The number of benzene rings is 2. The van der Waals surface area contributed by atoms with Crippen molar-refractivity contribution in [3.63, 3.8) is 0 Å². The normalized spacial score (nSPS) is 10.9. The van der Waals surface area contributed by atoms with E-state index in [1.165, 1.54) is 22.5 Å². The quantitative estimate of drug-likeness (QED) is 0.195. The predicted octanol–water partition coefficient (Wildman–Crippen LogP) is 3.49. The Labute approximate surface area is 202 Å². The first-order valence-corrected chi connectivity index (χ1v) is 11.6. The number of amides is 1. The van der Waals surface area contributed by atoms with Crippen LogP contribution in [0.25, 0.3) is 6.08 Å². The first kappa shape index (κ1) is 24.8. The molecule has 0 fully saturated rings. The SMILES string of the molecule is CCOC(=O)/C=C/c1ccc(NC(=O)CSc2nnc(COc3cc(C)cc(C)c3)n2N)cc1. The highest BCUT2D eigenvalue weighted by atomic mass is 32.2. The molecule has 3 aromatic rings. The van der Waals surface area contributed by atoms with Crippen molar-refractivity contribution in [2.24, 2.45) is 0 Å². The van der Waals surface area contributed by atoms with Crippen molar-refractivity contribution in [1.29, 1.82) is 0 Å². The van der Waals surface area contributed by atoms with Gasteiger partial charge in [-0.3, -0.25) is 4.79 Å². The number of carbonyl (C=O) groups is 2. The Morgan fingerprint density at radius 1 is 1.12 bits per heavy atom. The van der Waals surface area contributed by atoms with Crippen LogP contribution < -0.4 is 15.9 Å². The van der Waals surface area contributed by atoms with Gasteiger partial charge in [0.1, 0.15) is 12.4 Å². The van der Waals surface area contributed by atoms with Crippen LogP contribution in [0.3, 0.4) is 0 Å². The minimum Gasteiger partial charge on any atom is -0.486 e. The maximum atomic E-state index is 12.3. The Bertz CT molecular complexity index is 1150. The summed E-state index contributed by atoms with van der Waals surface area (Å²) < 4.78 is 12.0. The Hall–Kier alpha value is -3.79. The maximum absolute atomic E-state index is 12.3. The summed E-state index contributed by atoms with van der Waals surface area (Å²) in [5.74, 6) is 6.75. The average molecular weight is 482 g/mol. The number of nitrogen functional groups attached to an aromatic ring is 1. The van der Waals surface area contributed by atoms with E-state index in [0.29, 0.717) is 23.3 Å². The molecule has 1 aromatic heterocycles. The lowest BCUT2D eigenvalue weighted by Crippen LogP contribution is -2.18. The van der Waals surface area contributed by atoms with Gasteiger partial charge in [-0.25, -0.2) is 9.47 Å². The molecule has 0 aliphatic heterocycles. The zero-order valence-corrected chi connectivity index (χ0v) is 20.1. The van der Waals surface area contributed by atoms with Gasteiger partial charge >= 0.3 is 5.97 Å². The Morgan fingerprint density at radius 3 is 2.50 bits per heavy atom. The van der Waals surface area contributed by atoms with Gasteiger partial charge in [0.25, 0.3) is 0 Å². The molecule has 0 atom stereocenters. The predicted molar refractivity (Wildman–Crippen MR) is 132 cm³/mol. The minimum absolute atomic E-state index is 0.109. The molecule has 0 unspecified atom stereocenters. The molecule has 0 aliphatic carbocycles. The highest BCUT2D eigenvalue weighted by Gasteiger charge is 2.13. The van der Waals surface area contributed by atoms with Gasteiger partial charge in [-0.05, 0) is 67.8 Å². The summed E-state index contributed by atoms with van der Waals surface area (Å²) in [5.41, 5.74) is 3.66. The van der Waals surface area contributed by atoms with Crippen LogP contribution in [0.1, 0.15) is 29.4 Å². The van der Waals surface area contributed by atoms with Gasteiger partial charge < -0.3 is 20.6 Å². The maximum Gasteiger partial charge on any atom is 0.330 e. The third-order valence-electron chi connectivity index (χ3n) is 4.52. The second-order valence-electron chi connectivity index (χ2n) is 7.43. The molecular formula is C24H27N5O4S. The van der Waals surface area contributed by atoms with Crippen molar-refractivity contribution in [3.8, 4) is 5.75 Å². The molecular weight excluding hydrogens is 454 g/mol. The second kappa shape index (κ2) is 11.9. The molecule has 10 heteroatoms. The fourth-order valence-corrected chi connectivity index (χ4v) is 3.70. The number of thioether (sulfide) groups is 1. The van der Waals surface area contributed by atoms with Gasteiger partial charge in [0.05, 0.1) is 12.4 Å². The lowest BCUT2D eigenvalue weighted by Gasteiger charge is -2.08. The number of nitrogens with one attached hydrogen (secondary N) is 1. The average Bonchev–Trinajstić information content (AvgIpc) is 3.15. The molecule has 0 aliphatic rings. The van der Waals surface area contributed by atoms with Crippen LogP contribution >= 0.6 is 11.8 Å². The number of carbonyl (C=O) groups excluding carboxylic acids is 2. The minimum atomic E-state index is -0.398. The molecule has 1 amide bonds. The number of rotatable bonds is 10. The van der Waals surface area contributed by atoms with E-state index < -0.39 is 5.97 Å². The largest absolute Gasteiger partial charge is 0.486 e. The Balaban J connectivity index is 1.48. The van der Waals surface area contributed by atoms with Gasteiger partial charge in [-0.1, -0.05) is 30.0 Å². The number of hydrogen-bond donors (Lipinski definition) is 2. The smallest absolute Gasteiger partial charge is 0.330 e. The van der Waals surface area contributed by atoms with Crippen LogP contribution in [0.5, 0.6) is 5.75 Å². The Kier molecular flexibility index (Phi) is 8.69. The van der Waals surface area contributed by atoms with Crippen LogP contribution in [0.15, 0.2) is 53.7 Å². The first-order chi connectivity index (χ1) is 16.3. The van der Waals surface area contributed by atoms with Gasteiger partial charge in [0.15, 0.2) is 5.82 Å². The topological polar surface area (TPSA) is 121 Å². The van der Waals surface area contributed by atoms with Crippen molar-refractivity contribution >= 4 is 35.4 Å². The van der Waals surface area contributed by atoms with Crippen LogP contribution in [-0.2, 0) is 20.9 Å². The number of aryl methyl sites for hydroxylation is 2. The number of nitrogens with zero attached hydrogens (tertiary/aromatic N) is 3. The van der Waals surface area contributed by atoms with E-state index in [1.54, 1.807) is 37.3 Å². The van der Waals surface area contributed by atoms with Gasteiger partial charge in [0, 0.05) is 11.8 Å². The number of nitrogens with two attached hydrogens (primary N) is 1. The van der Waals surface area contributed by atoms with Crippen LogP contribution in [0.4, 0.5) is 5.69 Å². The number of ether oxygens (including phenoxy) is 2. The summed E-state index contributed by atoms with van der Waals surface area (Å²) in [6, 6.07) is 13.0. The van der Waals surface area contributed by atoms with E-state index in [1.807, 2.05) is 26.0 Å². The van der Waals surface area contributed by atoms with Gasteiger partial charge in [0.2, 0.25) is 11.1 Å². The van der Waals surface area contributed by atoms with E-state index in [-0.39, 0.29) is 18.3 Å². The lowest BCUT2D eigenvalue weighted by atomic mass is 10.1. The van der Waals surface area contributed by atoms with Gasteiger partial charge in [-0.2, -0.15) is 0 Å². The summed E-state index contributed by atoms with van der Waals surface area (Å²) in [6.07, 6.45) is 3.01. The van der Waals surface area contributed by atoms with Crippen molar-refractivity contribution in [1.82, 2.24) is 14.9 Å². The van der Waals surface area contributed by atoms with Crippen molar-refractivity contribution in [2.45, 2.75) is 32.5 Å². The number of hydrogen-bond acceptors (Lipinski definition) is 8. The molecule has 3 rings (SSSR count). The third kappa shape index (κ3) is 7.38. The molecule has 0 bridgehead atoms. The van der Waals surface area contributed by atoms with E-state index in [0.717, 1.165) is 22.4 Å². The first-order valence-electron chi connectivity index (χ1n) is 10.6. The van der Waals surface area contributed by atoms with Crippen LogP contribution in [0.2, 0.25) is 0 Å². The van der Waals surface area contributed by atoms with Crippen molar-refractivity contribution in [2.75, 3.05) is 23.5 Å². The summed E-state index contributed by atoms with van der Waals surface area (Å²) in [6.45, 7) is 6.25. The molecule has 0 spiro atoms. The number of aromatic nitrogens is 3. The lowest BCUT2D eigenvalue weighted by molar-refractivity contribution is -0.137. The molecule has 1 heterocycles. The fourth-order valence-electron chi connectivity index (χ4n) is 3.03. The van der Waals surface area contributed by atoms with E-state index >= 15 is 0 Å².